The highest BCUT2D eigenvalue weighted by molar-refractivity contribution is 5.37. The molecule has 0 radical (unpaired) electrons. The Hall–Kier alpha value is -1.80. The minimum atomic E-state index is 0.509. The van der Waals surface area contributed by atoms with Crippen LogP contribution in [-0.2, 0) is 12.8 Å². The normalized spacial score (nSPS) is 12.1. The van der Waals surface area contributed by atoms with Crippen LogP contribution in [0.15, 0.2) is 48.5 Å². The monoisotopic (exact) mass is 297 g/mol. The molecule has 1 unspecified atom stereocenters. The molecule has 0 aliphatic carbocycles. The van der Waals surface area contributed by atoms with Crippen molar-refractivity contribution in [1.82, 2.24) is 5.32 Å². The van der Waals surface area contributed by atoms with Gasteiger partial charge in [0.05, 0.1) is 7.11 Å². The van der Waals surface area contributed by atoms with E-state index in [0.29, 0.717) is 5.92 Å². The van der Waals surface area contributed by atoms with Crippen LogP contribution in [0.2, 0.25) is 0 Å². The summed E-state index contributed by atoms with van der Waals surface area (Å²) in [5.74, 6) is 1.48. The molecule has 2 aromatic carbocycles. The summed E-state index contributed by atoms with van der Waals surface area (Å²) in [6, 6.07) is 17.4. The van der Waals surface area contributed by atoms with Crippen LogP contribution in [0.3, 0.4) is 0 Å². The van der Waals surface area contributed by atoms with Crippen molar-refractivity contribution in [2.75, 3.05) is 20.7 Å². The fourth-order valence-corrected chi connectivity index (χ4v) is 2.85. The van der Waals surface area contributed by atoms with Crippen LogP contribution in [0.25, 0.3) is 0 Å². The topological polar surface area (TPSA) is 21.3 Å². The van der Waals surface area contributed by atoms with Gasteiger partial charge in [0.2, 0.25) is 0 Å². The SMILES string of the molecule is CCc1cc(OC)cc(C(CCNC)Cc2ccccc2)c1. The van der Waals surface area contributed by atoms with Crippen LogP contribution in [0.4, 0.5) is 0 Å². The number of hydrogen-bond acceptors (Lipinski definition) is 2. The Morgan fingerprint density at radius 1 is 1.05 bits per heavy atom. The highest BCUT2D eigenvalue weighted by atomic mass is 16.5. The lowest BCUT2D eigenvalue weighted by Gasteiger charge is -2.19. The van der Waals surface area contributed by atoms with E-state index in [4.69, 9.17) is 4.74 Å². The predicted molar refractivity (Wildman–Crippen MR) is 93.8 cm³/mol. The summed E-state index contributed by atoms with van der Waals surface area (Å²) in [6.45, 7) is 3.22. The molecule has 0 saturated carbocycles. The zero-order chi connectivity index (χ0) is 15.8. The van der Waals surface area contributed by atoms with Crippen LogP contribution in [0.5, 0.6) is 5.75 Å². The molecular formula is C20H27NO. The first-order chi connectivity index (χ1) is 10.8. The molecule has 0 aromatic heterocycles. The van der Waals surface area contributed by atoms with E-state index in [1.165, 1.54) is 16.7 Å². The van der Waals surface area contributed by atoms with Gasteiger partial charge < -0.3 is 10.1 Å². The van der Waals surface area contributed by atoms with Crippen molar-refractivity contribution >= 4 is 0 Å². The molecule has 118 valence electrons. The highest BCUT2D eigenvalue weighted by Crippen LogP contribution is 2.29. The molecule has 2 nitrogen and oxygen atoms in total. The Bertz CT molecular complexity index is 543. The second kappa shape index (κ2) is 8.60. The first kappa shape index (κ1) is 16.6. The maximum atomic E-state index is 5.49. The molecule has 0 aliphatic rings. The van der Waals surface area contributed by atoms with E-state index < -0.39 is 0 Å². The van der Waals surface area contributed by atoms with Gasteiger partial charge in [0, 0.05) is 0 Å². The molecule has 0 bridgehead atoms. The van der Waals surface area contributed by atoms with E-state index in [-0.39, 0.29) is 0 Å². The molecule has 1 N–H and O–H groups in total. The van der Waals surface area contributed by atoms with Crippen molar-refractivity contribution in [3.05, 3.63) is 65.2 Å². The fourth-order valence-electron chi connectivity index (χ4n) is 2.85. The van der Waals surface area contributed by atoms with E-state index in [1.807, 2.05) is 7.05 Å². The van der Waals surface area contributed by atoms with Gasteiger partial charge in [-0.15, -0.1) is 0 Å². The van der Waals surface area contributed by atoms with Gasteiger partial charge in [0.25, 0.3) is 0 Å². The number of aryl methyl sites for hydroxylation is 1. The van der Waals surface area contributed by atoms with Crippen LogP contribution < -0.4 is 10.1 Å². The minimum Gasteiger partial charge on any atom is -0.497 e. The Labute approximate surface area is 134 Å². The summed E-state index contributed by atoms with van der Waals surface area (Å²) in [5, 5.41) is 3.28. The smallest absolute Gasteiger partial charge is 0.119 e. The second-order valence-corrected chi connectivity index (χ2v) is 5.75. The van der Waals surface area contributed by atoms with E-state index in [0.717, 1.165) is 31.6 Å². The summed E-state index contributed by atoms with van der Waals surface area (Å²) in [5.41, 5.74) is 4.12. The first-order valence-electron chi connectivity index (χ1n) is 8.13. The van der Waals surface area contributed by atoms with Crippen molar-refractivity contribution in [2.45, 2.75) is 32.1 Å². The largest absolute Gasteiger partial charge is 0.497 e. The third kappa shape index (κ3) is 4.60. The molecule has 0 saturated heterocycles. The Kier molecular flexibility index (Phi) is 6.47. The second-order valence-electron chi connectivity index (χ2n) is 5.75. The van der Waals surface area contributed by atoms with Gasteiger partial charge in [0.1, 0.15) is 5.75 Å². The molecule has 0 heterocycles. The molecule has 1 atom stereocenters. The number of methoxy groups -OCH3 is 1. The predicted octanol–water partition coefficient (Wildman–Crippen LogP) is 4.19. The third-order valence-corrected chi connectivity index (χ3v) is 4.17. The van der Waals surface area contributed by atoms with Crippen LogP contribution in [0.1, 0.15) is 36.0 Å². The highest BCUT2D eigenvalue weighted by Gasteiger charge is 2.14. The molecule has 0 aliphatic heterocycles. The zero-order valence-electron chi connectivity index (χ0n) is 13.9. The zero-order valence-corrected chi connectivity index (χ0v) is 13.9. The van der Waals surface area contributed by atoms with Gasteiger partial charge in [-0.2, -0.15) is 0 Å². The van der Waals surface area contributed by atoms with E-state index in [9.17, 15) is 0 Å². The molecule has 22 heavy (non-hydrogen) atoms. The third-order valence-electron chi connectivity index (χ3n) is 4.17. The number of hydrogen-bond donors (Lipinski definition) is 1. The van der Waals surface area contributed by atoms with Gasteiger partial charge in [-0.3, -0.25) is 0 Å². The summed E-state index contributed by atoms with van der Waals surface area (Å²) < 4.78 is 5.49. The van der Waals surface area contributed by atoms with Gasteiger partial charge in [-0.25, -0.2) is 0 Å². The quantitative estimate of drug-likeness (QED) is 0.788. The van der Waals surface area contributed by atoms with Gasteiger partial charge >= 0.3 is 0 Å². The lowest BCUT2D eigenvalue weighted by molar-refractivity contribution is 0.413. The molecule has 2 heteroatoms. The first-order valence-corrected chi connectivity index (χ1v) is 8.13. The number of ether oxygens (including phenoxy) is 1. The molecule has 0 amide bonds. The molecule has 2 rings (SSSR count). The molecule has 0 spiro atoms. The van der Waals surface area contributed by atoms with Gasteiger partial charge in [0.15, 0.2) is 0 Å². The summed E-state index contributed by atoms with van der Waals surface area (Å²) >= 11 is 0. The molecule has 2 aromatic rings. The van der Waals surface area contributed by atoms with Crippen LogP contribution in [-0.4, -0.2) is 20.7 Å². The van der Waals surface area contributed by atoms with Crippen molar-refractivity contribution in [3.63, 3.8) is 0 Å². The average Bonchev–Trinajstić information content (AvgIpc) is 2.58. The van der Waals surface area contributed by atoms with E-state index in [1.54, 1.807) is 7.11 Å². The number of nitrogens with one attached hydrogen (secondary N) is 1. The van der Waals surface area contributed by atoms with E-state index >= 15 is 0 Å². The number of benzene rings is 2. The van der Waals surface area contributed by atoms with Crippen molar-refractivity contribution in [2.24, 2.45) is 0 Å². The fraction of sp³-hybridized carbons (Fsp3) is 0.400. The van der Waals surface area contributed by atoms with Gasteiger partial charge in [-0.05, 0) is 67.6 Å². The van der Waals surface area contributed by atoms with Crippen molar-refractivity contribution in [1.29, 1.82) is 0 Å². The summed E-state index contributed by atoms with van der Waals surface area (Å²) in [7, 11) is 3.76. The standard InChI is InChI=1S/C20H27NO/c1-4-16-12-19(15-20(14-16)22-3)18(10-11-21-2)13-17-8-6-5-7-9-17/h5-9,12,14-15,18,21H,4,10-11,13H2,1-3H3. The van der Waals surface area contributed by atoms with Crippen LogP contribution in [0, 0.1) is 0 Å². The van der Waals surface area contributed by atoms with Crippen molar-refractivity contribution in [3.8, 4) is 5.75 Å². The van der Waals surface area contributed by atoms with E-state index in [2.05, 4.69) is 60.8 Å². The number of rotatable bonds is 8. The molecular weight excluding hydrogens is 270 g/mol. The maximum Gasteiger partial charge on any atom is 0.119 e. The average molecular weight is 297 g/mol. The lowest BCUT2D eigenvalue weighted by Crippen LogP contribution is -2.14. The Balaban J connectivity index is 2.27. The maximum absolute atomic E-state index is 5.49. The van der Waals surface area contributed by atoms with Crippen LogP contribution >= 0.6 is 0 Å². The Morgan fingerprint density at radius 2 is 1.82 bits per heavy atom. The molecule has 0 fully saturated rings. The summed E-state index contributed by atoms with van der Waals surface area (Å²) in [4.78, 5) is 0. The van der Waals surface area contributed by atoms with Gasteiger partial charge in [-0.1, -0.05) is 43.3 Å². The minimum absolute atomic E-state index is 0.509. The Morgan fingerprint density at radius 3 is 2.45 bits per heavy atom. The van der Waals surface area contributed by atoms with Crippen molar-refractivity contribution < 1.29 is 4.74 Å². The lowest BCUT2D eigenvalue weighted by atomic mass is 9.88. The summed E-state index contributed by atoms with van der Waals surface area (Å²) in [6.07, 6.45) is 3.23.